The number of carbonyl (C=O) groups excluding carboxylic acids is 3. The molecule has 0 saturated carbocycles. The van der Waals surface area contributed by atoms with Crippen LogP contribution in [0.4, 0.5) is 0 Å². The van der Waals surface area contributed by atoms with Gasteiger partial charge >= 0.3 is 17.9 Å². The van der Waals surface area contributed by atoms with Crippen LogP contribution in [0.5, 0.6) is 0 Å². The molecule has 1 atom stereocenters. The summed E-state index contributed by atoms with van der Waals surface area (Å²) in [5.74, 6) is -0.896. The van der Waals surface area contributed by atoms with Gasteiger partial charge in [0.1, 0.15) is 13.2 Å². The molecule has 0 aliphatic rings. The fourth-order valence-electron chi connectivity index (χ4n) is 8.03. The first-order valence-corrected chi connectivity index (χ1v) is 28.1. The van der Waals surface area contributed by atoms with E-state index in [0.29, 0.717) is 19.3 Å². The standard InChI is InChI=1S/C59H106O6/c1-4-7-10-13-16-19-22-25-28-29-32-34-37-40-43-46-49-52-58(61)64-55-56(65-59(62)53-50-47-44-41-38-35-31-27-24-21-18-15-12-9-6-3)54-63-57(60)51-48-45-42-39-36-33-30-26-23-20-17-14-11-8-5-2/h17-18,20-21,26-27,30-31,56H,4-16,19,22-25,28-29,32-55H2,1-3H3/t56-/m1/s1. The SMILES string of the molecule is CCCCCC=CCC=CCCCCCCCC(=O)OC[C@H](COC(=O)CCCCCCCCCCCCCCCCCCC)OC(=O)CCCCCCCC=CCC=CCCCCC. The molecular weight excluding hydrogens is 805 g/mol. The molecule has 0 unspecified atom stereocenters. The van der Waals surface area contributed by atoms with Gasteiger partial charge in [-0.15, -0.1) is 0 Å². The Kier molecular flexibility index (Phi) is 51.8. The van der Waals surface area contributed by atoms with Crippen molar-refractivity contribution in [3.8, 4) is 0 Å². The summed E-state index contributed by atoms with van der Waals surface area (Å²) < 4.78 is 16.8. The fourth-order valence-corrected chi connectivity index (χ4v) is 8.03. The van der Waals surface area contributed by atoms with Crippen LogP contribution in [0, 0.1) is 0 Å². The molecule has 378 valence electrons. The maximum atomic E-state index is 12.8. The Morgan fingerprint density at radius 1 is 0.308 bits per heavy atom. The summed E-state index contributed by atoms with van der Waals surface area (Å²) >= 11 is 0. The molecule has 0 amide bonds. The smallest absolute Gasteiger partial charge is 0.306 e. The van der Waals surface area contributed by atoms with E-state index in [1.807, 2.05) is 0 Å². The van der Waals surface area contributed by atoms with Crippen molar-refractivity contribution in [3.05, 3.63) is 48.6 Å². The topological polar surface area (TPSA) is 78.9 Å². The number of rotatable bonds is 51. The Labute approximate surface area is 403 Å². The lowest BCUT2D eigenvalue weighted by Gasteiger charge is -2.18. The van der Waals surface area contributed by atoms with Crippen LogP contribution in [0.2, 0.25) is 0 Å². The highest BCUT2D eigenvalue weighted by molar-refractivity contribution is 5.71. The van der Waals surface area contributed by atoms with E-state index in [1.165, 1.54) is 148 Å². The molecule has 0 bridgehead atoms. The Bertz CT molecular complexity index is 1140. The van der Waals surface area contributed by atoms with Gasteiger partial charge in [0.2, 0.25) is 0 Å². The molecule has 0 fully saturated rings. The predicted molar refractivity (Wildman–Crippen MR) is 279 cm³/mol. The molecule has 0 radical (unpaired) electrons. The second-order valence-electron chi connectivity index (χ2n) is 18.8. The summed E-state index contributed by atoms with van der Waals surface area (Å²) in [5, 5.41) is 0. The molecule has 0 N–H and O–H groups in total. The lowest BCUT2D eigenvalue weighted by molar-refractivity contribution is -0.167. The first kappa shape index (κ1) is 62.4. The van der Waals surface area contributed by atoms with E-state index in [9.17, 15) is 14.4 Å². The van der Waals surface area contributed by atoms with Crippen LogP contribution in [0.25, 0.3) is 0 Å². The molecule has 0 aliphatic carbocycles. The molecule has 6 heteroatoms. The van der Waals surface area contributed by atoms with E-state index < -0.39 is 6.10 Å². The summed E-state index contributed by atoms with van der Waals surface area (Å²) in [6.45, 7) is 6.59. The van der Waals surface area contributed by atoms with Gasteiger partial charge in [0.25, 0.3) is 0 Å². The van der Waals surface area contributed by atoms with Gasteiger partial charge in [-0.2, -0.15) is 0 Å². The zero-order chi connectivity index (χ0) is 47.2. The van der Waals surface area contributed by atoms with Crippen molar-refractivity contribution in [2.24, 2.45) is 0 Å². The van der Waals surface area contributed by atoms with Crippen LogP contribution in [-0.2, 0) is 28.6 Å². The van der Waals surface area contributed by atoms with Crippen LogP contribution in [0.15, 0.2) is 48.6 Å². The third kappa shape index (κ3) is 52.2. The minimum atomic E-state index is -0.784. The van der Waals surface area contributed by atoms with Crippen molar-refractivity contribution in [1.82, 2.24) is 0 Å². The van der Waals surface area contributed by atoms with E-state index in [0.717, 1.165) is 103 Å². The van der Waals surface area contributed by atoms with Gasteiger partial charge in [-0.3, -0.25) is 14.4 Å². The molecule has 0 aromatic heterocycles. The lowest BCUT2D eigenvalue weighted by atomic mass is 10.0. The molecule has 0 aromatic carbocycles. The second kappa shape index (κ2) is 54.0. The molecule has 65 heavy (non-hydrogen) atoms. The van der Waals surface area contributed by atoms with Crippen molar-refractivity contribution in [2.75, 3.05) is 13.2 Å². The van der Waals surface area contributed by atoms with Gasteiger partial charge in [0.05, 0.1) is 0 Å². The van der Waals surface area contributed by atoms with Crippen LogP contribution in [-0.4, -0.2) is 37.2 Å². The summed E-state index contributed by atoms with van der Waals surface area (Å²) in [4.78, 5) is 38.1. The van der Waals surface area contributed by atoms with Gasteiger partial charge in [0, 0.05) is 19.3 Å². The normalized spacial score (nSPS) is 12.4. The largest absolute Gasteiger partial charge is 0.462 e. The highest BCUT2D eigenvalue weighted by atomic mass is 16.6. The number of hydrogen-bond donors (Lipinski definition) is 0. The second-order valence-corrected chi connectivity index (χ2v) is 18.8. The quantitative estimate of drug-likeness (QED) is 0.0262. The Morgan fingerprint density at radius 3 is 0.877 bits per heavy atom. The van der Waals surface area contributed by atoms with E-state index in [-0.39, 0.29) is 31.1 Å². The third-order valence-electron chi connectivity index (χ3n) is 12.3. The van der Waals surface area contributed by atoms with Crippen molar-refractivity contribution in [3.63, 3.8) is 0 Å². The van der Waals surface area contributed by atoms with E-state index in [2.05, 4.69) is 69.4 Å². The monoisotopic (exact) mass is 911 g/mol. The van der Waals surface area contributed by atoms with Crippen LogP contribution in [0.3, 0.4) is 0 Å². The first-order valence-electron chi connectivity index (χ1n) is 28.1. The number of carbonyl (C=O) groups is 3. The number of esters is 3. The van der Waals surface area contributed by atoms with Crippen LogP contribution >= 0.6 is 0 Å². The molecular formula is C59H106O6. The maximum Gasteiger partial charge on any atom is 0.306 e. The zero-order valence-electron chi connectivity index (χ0n) is 43.3. The van der Waals surface area contributed by atoms with Crippen LogP contribution in [0.1, 0.15) is 290 Å². The molecule has 0 aromatic rings. The third-order valence-corrected chi connectivity index (χ3v) is 12.3. The van der Waals surface area contributed by atoms with Gasteiger partial charge in [-0.05, 0) is 83.5 Å². The molecule has 0 rings (SSSR count). The average Bonchev–Trinajstić information content (AvgIpc) is 3.30. The number of hydrogen-bond acceptors (Lipinski definition) is 6. The minimum absolute atomic E-state index is 0.0807. The van der Waals surface area contributed by atoms with E-state index in [1.54, 1.807) is 0 Å². The Morgan fingerprint density at radius 2 is 0.554 bits per heavy atom. The predicted octanol–water partition coefficient (Wildman–Crippen LogP) is 18.7. The zero-order valence-corrected chi connectivity index (χ0v) is 43.3. The molecule has 0 aliphatic heterocycles. The molecule has 0 saturated heterocycles. The van der Waals surface area contributed by atoms with Crippen molar-refractivity contribution in [1.29, 1.82) is 0 Å². The molecule has 0 heterocycles. The number of ether oxygens (including phenoxy) is 3. The van der Waals surface area contributed by atoms with Gasteiger partial charge in [-0.1, -0.05) is 236 Å². The minimum Gasteiger partial charge on any atom is -0.462 e. The Hall–Kier alpha value is -2.63. The highest BCUT2D eigenvalue weighted by Gasteiger charge is 2.19. The number of allylic oxidation sites excluding steroid dienone is 8. The highest BCUT2D eigenvalue weighted by Crippen LogP contribution is 2.16. The van der Waals surface area contributed by atoms with Gasteiger partial charge in [0.15, 0.2) is 6.10 Å². The maximum absolute atomic E-state index is 12.8. The van der Waals surface area contributed by atoms with Crippen molar-refractivity contribution < 1.29 is 28.6 Å². The Balaban J connectivity index is 4.39. The number of unbranched alkanes of at least 4 members (excludes halogenated alkanes) is 32. The lowest BCUT2D eigenvalue weighted by Crippen LogP contribution is -2.30. The van der Waals surface area contributed by atoms with Crippen molar-refractivity contribution in [2.45, 2.75) is 297 Å². The summed E-state index contributed by atoms with van der Waals surface area (Å²) in [6, 6.07) is 0. The summed E-state index contributed by atoms with van der Waals surface area (Å²) in [5.41, 5.74) is 0. The van der Waals surface area contributed by atoms with E-state index in [4.69, 9.17) is 14.2 Å². The summed E-state index contributed by atoms with van der Waals surface area (Å²) in [6.07, 6.45) is 65.2. The fraction of sp³-hybridized carbons (Fsp3) is 0.814. The van der Waals surface area contributed by atoms with E-state index >= 15 is 0 Å². The first-order chi connectivity index (χ1) is 32.0. The summed E-state index contributed by atoms with van der Waals surface area (Å²) in [7, 11) is 0. The molecule has 6 nitrogen and oxygen atoms in total. The van der Waals surface area contributed by atoms with Crippen LogP contribution < -0.4 is 0 Å². The van der Waals surface area contributed by atoms with Gasteiger partial charge in [-0.25, -0.2) is 0 Å². The molecule has 0 spiro atoms. The van der Waals surface area contributed by atoms with Gasteiger partial charge < -0.3 is 14.2 Å². The van der Waals surface area contributed by atoms with Crippen molar-refractivity contribution >= 4 is 17.9 Å². The average molecular weight is 911 g/mol.